The lowest BCUT2D eigenvalue weighted by atomic mass is 10.1. The number of furan rings is 1. The van der Waals surface area contributed by atoms with Gasteiger partial charge in [0.1, 0.15) is 5.75 Å². The number of rotatable bonds is 4. The molecule has 2 aromatic rings. The second kappa shape index (κ2) is 5.90. The van der Waals surface area contributed by atoms with Crippen LogP contribution in [0.15, 0.2) is 47.1 Å². The Morgan fingerprint density at radius 2 is 1.90 bits per heavy atom. The zero-order valence-corrected chi connectivity index (χ0v) is 11.0. The summed E-state index contributed by atoms with van der Waals surface area (Å²) in [6.45, 7) is 0. The van der Waals surface area contributed by atoms with Crippen LogP contribution in [0.3, 0.4) is 0 Å². The van der Waals surface area contributed by atoms with Gasteiger partial charge in [-0.25, -0.2) is 0 Å². The van der Waals surface area contributed by atoms with Gasteiger partial charge in [0.2, 0.25) is 0 Å². The molecule has 112 valence electrons. The Hall–Kier alpha value is -2.44. The number of ether oxygens (including phenoxy) is 1. The number of methoxy groups -OCH3 is 1. The van der Waals surface area contributed by atoms with Crippen LogP contribution in [-0.4, -0.2) is 19.2 Å². The third-order valence-electron chi connectivity index (χ3n) is 2.80. The van der Waals surface area contributed by atoms with Crippen LogP contribution in [0, 0.1) is 0 Å². The van der Waals surface area contributed by atoms with Gasteiger partial charge in [0.05, 0.1) is 13.4 Å². The van der Waals surface area contributed by atoms with E-state index in [4.69, 9.17) is 9.15 Å². The number of alkyl halides is 3. The predicted molar refractivity (Wildman–Crippen MR) is 68.0 cm³/mol. The zero-order chi connectivity index (χ0) is 15.5. The third-order valence-corrected chi connectivity index (χ3v) is 2.80. The van der Waals surface area contributed by atoms with Crippen molar-refractivity contribution in [2.75, 3.05) is 7.11 Å². The van der Waals surface area contributed by atoms with Gasteiger partial charge >= 0.3 is 6.18 Å². The van der Waals surface area contributed by atoms with Crippen LogP contribution in [0.4, 0.5) is 13.2 Å². The van der Waals surface area contributed by atoms with E-state index in [-0.39, 0.29) is 11.3 Å². The first-order valence-electron chi connectivity index (χ1n) is 5.97. The number of hydrogen-bond donors (Lipinski definition) is 1. The summed E-state index contributed by atoms with van der Waals surface area (Å²) in [7, 11) is 1.41. The van der Waals surface area contributed by atoms with Crippen molar-refractivity contribution >= 4 is 5.91 Å². The molecule has 7 heteroatoms. The molecule has 0 saturated heterocycles. The standard InChI is InChI=1S/C14H12F3NO3/c1-20-10-6-4-9(5-7-10)12(14(15,16)17)18-13(19)11-3-2-8-21-11/h2-8,12H,1H3,(H,18,19)/t12-/m0/s1. The van der Waals surface area contributed by atoms with Crippen LogP contribution < -0.4 is 10.1 Å². The molecule has 1 aromatic carbocycles. The Labute approximate surface area is 118 Å². The maximum absolute atomic E-state index is 13.1. The SMILES string of the molecule is COc1ccc([C@H](NC(=O)c2ccco2)C(F)(F)F)cc1. The van der Waals surface area contributed by atoms with E-state index in [1.54, 1.807) is 0 Å². The fraction of sp³-hybridized carbons (Fsp3) is 0.214. The van der Waals surface area contributed by atoms with Crippen molar-refractivity contribution in [2.24, 2.45) is 0 Å². The highest BCUT2D eigenvalue weighted by molar-refractivity contribution is 5.91. The van der Waals surface area contributed by atoms with Crippen molar-refractivity contribution in [2.45, 2.75) is 12.2 Å². The lowest BCUT2D eigenvalue weighted by molar-refractivity contribution is -0.155. The minimum absolute atomic E-state index is 0.0943. The van der Waals surface area contributed by atoms with Gasteiger partial charge in [-0.3, -0.25) is 4.79 Å². The number of carbonyl (C=O) groups is 1. The molecule has 0 unspecified atom stereocenters. The maximum Gasteiger partial charge on any atom is 0.412 e. The Morgan fingerprint density at radius 3 is 2.38 bits per heavy atom. The topological polar surface area (TPSA) is 51.5 Å². The summed E-state index contributed by atoms with van der Waals surface area (Å²) < 4.78 is 49.0. The molecule has 0 aliphatic carbocycles. The van der Waals surface area contributed by atoms with E-state index in [1.165, 1.54) is 49.8 Å². The van der Waals surface area contributed by atoms with E-state index in [0.29, 0.717) is 5.75 Å². The van der Waals surface area contributed by atoms with Crippen molar-refractivity contribution in [1.29, 1.82) is 0 Å². The number of benzene rings is 1. The highest BCUT2D eigenvalue weighted by atomic mass is 19.4. The van der Waals surface area contributed by atoms with Gasteiger partial charge in [0.15, 0.2) is 11.8 Å². The normalized spacial score (nSPS) is 12.8. The fourth-order valence-corrected chi connectivity index (χ4v) is 1.76. The van der Waals surface area contributed by atoms with Crippen LogP contribution >= 0.6 is 0 Å². The second-order valence-electron chi connectivity index (χ2n) is 4.20. The highest BCUT2D eigenvalue weighted by Crippen LogP contribution is 2.33. The van der Waals surface area contributed by atoms with Gasteiger partial charge in [-0.15, -0.1) is 0 Å². The highest BCUT2D eigenvalue weighted by Gasteiger charge is 2.42. The number of hydrogen-bond acceptors (Lipinski definition) is 3. The molecule has 0 bridgehead atoms. The molecule has 0 aliphatic rings. The number of nitrogens with one attached hydrogen (secondary N) is 1. The average Bonchev–Trinajstić information content (AvgIpc) is 2.98. The van der Waals surface area contributed by atoms with Gasteiger partial charge < -0.3 is 14.5 Å². The Morgan fingerprint density at radius 1 is 1.24 bits per heavy atom. The summed E-state index contributed by atoms with van der Waals surface area (Å²) in [4.78, 5) is 11.7. The summed E-state index contributed by atoms with van der Waals surface area (Å²) >= 11 is 0. The van der Waals surface area contributed by atoms with Gasteiger partial charge in [0, 0.05) is 0 Å². The van der Waals surface area contributed by atoms with Crippen LogP contribution in [0.5, 0.6) is 5.75 Å². The molecule has 1 N–H and O–H groups in total. The smallest absolute Gasteiger partial charge is 0.412 e. The van der Waals surface area contributed by atoms with E-state index >= 15 is 0 Å². The number of amides is 1. The fourth-order valence-electron chi connectivity index (χ4n) is 1.76. The number of carbonyl (C=O) groups excluding carboxylic acids is 1. The van der Waals surface area contributed by atoms with Crippen molar-refractivity contribution in [1.82, 2.24) is 5.32 Å². The average molecular weight is 299 g/mol. The molecule has 1 aromatic heterocycles. The Balaban J connectivity index is 2.24. The Kier molecular flexibility index (Phi) is 4.21. The minimum atomic E-state index is -4.63. The van der Waals surface area contributed by atoms with Crippen LogP contribution in [-0.2, 0) is 0 Å². The van der Waals surface area contributed by atoms with Crippen LogP contribution in [0.2, 0.25) is 0 Å². The predicted octanol–water partition coefficient (Wildman–Crippen LogP) is 3.32. The van der Waals surface area contributed by atoms with E-state index in [0.717, 1.165) is 0 Å². The molecular weight excluding hydrogens is 287 g/mol. The van der Waals surface area contributed by atoms with Crippen molar-refractivity contribution in [3.8, 4) is 5.75 Å². The molecule has 1 atom stereocenters. The van der Waals surface area contributed by atoms with Crippen molar-refractivity contribution in [3.05, 3.63) is 54.0 Å². The van der Waals surface area contributed by atoms with Gasteiger partial charge in [-0.05, 0) is 29.8 Å². The minimum Gasteiger partial charge on any atom is -0.497 e. The van der Waals surface area contributed by atoms with Crippen molar-refractivity contribution < 1.29 is 27.1 Å². The first-order chi connectivity index (χ1) is 9.91. The maximum atomic E-state index is 13.1. The Bertz CT molecular complexity index is 591. The molecule has 1 amide bonds. The lowest BCUT2D eigenvalue weighted by Crippen LogP contribution is -2.38. The zero-order valence-electron chi connectivity index (χ0n) is 11.0. The molecule has 1 heterocycles. The first kappa shape index (κ1) is 15.0. The lowest BCUT2D eigenvalue weighted by Gasteiger charge is -2.21. The van der Waals surface area contributed by atoms with Crippen LogP contribution in [0.25, 0.3) is 0 Å². The van der Waals surface area contributed by atoms with Gasteiger partial charge in [-0.2, -0.15) is 13.2 Å². The summed E-state index contributed by atoms with van der Waals surface area (Å²) in [5, 5.41) is 1.91. The molecule has 4 nitrogen and oxygen atoms in total. The molecule has 0 spiro atoms. The summed E-state index contributed by atoms with van der Waals surface area (Å²) in [5.74, 6) is -0.687. The van der Waals surface area contributed by atoms with E-state index in [9.17, 15) is 18.0 Å². The second-order valence-corrected chi connectivity index (χ2v) is 4.20. The van der Waals surface area contributed by atoms with Gasteiger partial charge in [0.25, 0.3) is 5.91 Å². The van der Waals surface area contributed by atoms with E-state index < -0.39 is 18.1 Å². The summed E-state index contributed by atoms with van der Waals surface area (Å²) in [6, 6.07) is 5.88. The molecule has 0 radical (unpaired) electrons. The molecule has 0 saturated carbocycles. The molecule has 21 heavy (non-hydrogen) atoms. The molecule has 0 aliphatic heterocycles. The van der Waals surface area contributed by atoms with Crippen LogP contribution in [0.1, 0.15) is 22.2 Å². The quantitative estimate of drug-likeness (QED) is 0.942. The molecular formula is C14H12F3NO3. The summed E-state index contributed by atoms with van der Waals surface area (Å²) in [5.41, 5.74) is -0.0943. The third kappa shape index (κ3) is 3.56. The monoisotopic (exact) mass is 299 g/mol. The van der Waals surface area contributed by atoms with E-state index in [1.807, 2.05) is 5.32 Å². The van der Waals surface area contributed by atoms with Crippen molar-refractivity contribution in [3.63, 3.8) is 0 Å². The van der Waals surface area contributed by atoms with E-state index in [2.05, 4.69) is 0 Å². The first-order valence-corrected chi connectivity index (χ1v) is 5.97. The summed E-state index contributed by atoms with van der Waals surface area (Å²) in [6.07, 6.45) is -3.41. The molecule has 0 fully saturated rings. The van der Waals surface area contributed by atoms with Gasteiger partial charge in [-0.1, -0.05) is 12.1 Å². The number of halogens is 3. The largest absolute Gasteiger partial charge is 0.497 e. The molecule has 2 rings (SSSR count).